The number of amides is 2. The molecule has 3 saturated heterocycles. The van der Waals surface area contributed by atoms with E-state index >= 15 is 0 Å². The van der Waals surface area contributed by atoms with Gasteiger partial charge in [0, 0.05) is 37.3 Å². The van der Waals surface area contributed by atoms with Crippen molar-refractivity contribution in [1.29, 1.82) is 0 Å². The molecule has 3 aliphatic heterocycles. The number of hydrogen-bond acceptors (Lipinski definition) is 4. The molecule has 2 N–H and O–H groups in total. The van der Waals surface area contributed by atoms with E-state index < -0.39 is 29.4 Å². The monoisotopic (exact) mass is 363 g/mol. The summed E-state index contributed by atoms with van der Waals surface area (Å²) in [6.45, 7) is 3.62. The molecule has 140 valence electrons. The number of piperidine rings is 2. The number of benzene rings is 1. The van der Waals surface area contributed by atoms with Gasteiger partial charge in [-0.3, -0.25) is 14.9 Å². The molecule has 4 rings (SSSR count). The van der Waals surface area contributed by atoms with Gasteiger partial charge < -0.3 is 10.2 Å². The van der Waals surface area contributed by atoms with Crippen LogP contribution in [-0.4, -0.2) is 38.0 Å². The van der Waals surface area contributed by atoms with Gasteiger partial charge in [0.2, 0.25) is 11.8 Å². The Morgan fingerprint density at radius 3 is 2.35 bits per heavy atom. The van der Waals surface area contributed by atoms with Crippen LogP contribution in [0.5, 0.6) is 0 Å². The molecule has 7 heteroatoms. The first-order chi connectivity index (χ1) is 12.5. The summed E-state index contributed by atoms with van der Waals surface area (Å²) in [7, 11) is 0. The molecular weight excluding hydrogens is 340 g/mol. The van der Waals surface area contributed by atoms with E-state index in [-0.39, 0.29) is 18.4 Å². The molecule has 0 aliphatic carbocycles. The summed E-state index contributed by atoms with van der Waals surface area (Å²) in [5.41, 5.74) is 0.629. The zero-order chi connectivity index (χ0) is 18.3. The van der Waals surface area contributed by atoms with Crippen LogP contribution in [0.1, 0.15) is 43.6 Å². The van der Waals surface area contributed by atoms with E-state index in [1.54, 1.807) is 0 Å². The van der Waals surface area contributed by atoms with Gasteiger partial charge in [0.15, 0.2) is 0 Å². The standard InChI is InChI=1S/C19H23F2N3O2/c20-14-9-12(24-7-4-19(5-8-24)3-6-22-11-19)10-15(21)17(14)13-1-2-16(25)23-18(13)26/h9-10,13,22H,1-8,11H2,(H,23,25,26). The van der Waals surface area contributed by atoms with Gasteiger partial charge >= 0.3 is 0 Å². The Hall–Kier alpha value is -2.02. The number of carbonyl (C=O) groups excluding carboxylic acids is 2. The highest BCUT2D eigenvalue weighted by molar-refractivity contribution is 6.01. The van der Waals surface area contributed by atoms with Crippen molar-refractivity contribution in [3.05, 3.63) is 29.3 Å². The minimum absolute atomic E-state index is 0.0965. The molecule has 26 heavy (non-hydrogen) atoms. The van der Waals surface area contributed by atoms with Gasteiger partial charge in [-0.1, -0.05) is 0 Å². The van der Waals surface area contributed by atoms with Gasteiger partial charge in [0.05, 0.1) is 5.92 Å². The summed E-state index contributed by atoms with van der Waals surface area (Å²) in [6, 6.07) is 2.65. The zero-order valence-corrected chi connectivity index (χ0v) is 14.6. The second kappa shape index (κ2) is 6.61. The summed E-state index contributed by atoms with van der Waals surface area (Å²) in [6.07, 6.45) is 3.42. The summed E-state index contributed by atoms with van der Waals surface area (Å²) in [4.78, 5) is 25.2. The third-order valence-corrected chi connectivity index (χ3v) is 6.17. The highest BCUT2D eigenvalue weighted by Crippen LogP contribution is 2.39. The van der Waals surface area contributed by atoms with Crippen LogP contribution in [0.15, 0.2) is 12.1 Å². The van der Waals surface area contributed by atoms with Crippen molar-refractivity contribution in [2.75, 3.05) is 31.1 Å². The van der Waals surface area contributed by atoms with Gasteiger partial charge in [0.25, 0.3) is 0 Å². The molecule has 3 fully saturated rings. The average molecular weight is 363 g/mol. The van der Waals surface area contributed by atoms with Crippen LogP contribution >= 0.6 is 0 Å². The minimum atomic E-state index is -0.948. The van der Waals surface area contributed by atoms with E-state index in [0.29, 0.717) is 11.1 Å². The van der Waals surface area contributed by atoms with Crippen LogP contribution < -0.4 is 15.5 Å². The number of nitrogens with zero attached hydrogens (tertiary/aromatic N) is 1. The number of carbonyl (C=O) groups is 2. The van der Waals surface area contributed by atoms with E-state index in [2.05, 4.69) is 10.6 Å². The molecule has 1 aromatic rings. The lowest BCUT2D eigenvalue weighted by atomic mass is 9.77. The summed E-state index contributed by atoms with van der Waals surface area (Å²) >= 11 is 0. The first kappa shape index (κ1) is 17.4. The predicted molar refractivity (Wildman–Crippen MR) is 92.8 cm³/mol. The lowest BCUT2D eigenvalue weighted by Gasteiger charge is -2.40. The molecule has 1 aromatic carbocycles. The van der Waals surface area contributed by atoms with E-state index in [4.69, 9.17) is 0 Å². The summed E-state index contributed by atoms with van der Waals surface area (Å²) in [5, 5.41) is 5.57. The number of nitrogens with one attached hydrogen (secondary N) is 2. The van der Waals surface area contributed by atoms with Crippen LogP contribution in [0, 0.1) is 17.0 Å². The SMILES string of the molecule is O=C1CCC(c2c(F)cc(N3CCC4(CCNC4)CC3)cc2F)C(=O)N1. The molecule has 2 amide bonds. The van der Waals surface area contributed by atoms with Crippen molar-refractivity contribution in [3.8, 4) is 0 Å². The fourth-order valence-corrected chi connectivity index (χ4v) is 4.52. The van der Waals surface area contributed by atoms with Crippen molar-refractivity contribution in [3.63, 3.8) is 0 Å². The Balaban J connectivity index is 1.53. The quantitative estimate of drug-likeness (QED) is 0.790. The van der Waals surface area contributed by atoms with Gasteiger partial charge in [-0.2, -0.15) is 0 Å². The Labute approximate surface area is 151 Å². The van der Waals surface area contributed by atoms with Crippen molar-refractivity contribution < 1.29 is 18.4 Å². The van der Waals surface area contributed by atoms with Crippen molar-refractivity contribution in [2.24, 2.45) is 5.41 Å². The molecule has 0 bridgehead atoms. The Kier molecular flexibility index (Phi) is 4.42. The molecule has 0 aromatic heterocycles. The number of rotatable bonds is 2. The molecule has 0 saturated carbocycles. The van der Waals surface area contributed by atoms with Crippen molar-refractivity contribution in [2.45, 2.75) is 38.0 Å². The molecule has 3 heterocycles. The highest BCUT2D eigenvalue weighted by atomic mass is 19.1. The van der Waals surface area contributed by atoms with Crippen molar-refractivity contribution in [1.82, 2.24) is 10.6 Å². The Bertz CT molecular complexity index is 713. The fourth-order valence-electron chi connectivity index (χ4n) is 4.52. The van der Waals surface area contributed by atoms with Crippen LogP contribution in [0.3, 0.4) is 0 Å². The number of anilines is 1. The Morgan fingerprint density at radius 2 is 1.77 bits per heavy atom. The predicted octanol–water partition coefficient (Wildman–Crippen LogP) is 2.06. The van der Waals surface area contributed by atoms with E-state index in [1.165, 1.54) is 12.1 Å². The molecule has 1 spiro atoms. The molecular formula is C19H23F2N3O2. The maximum Gasteiger partial charge on any atom is 0.234 e. The van der Waals surface area contributed by atoms with E-state index in [9.17, 15) is 18.4 Å². The Morgan fingerprint density at radius 1 is 1.08 bits per heavy atom. The van der Waals surface area contributed by atoms with E-state index in [1.807, 2.05) is 4.90 Å². The van der Waals surface area contributed by atoms with Crippen LogP contribution in [0.4, 0.5) is 14.5 Å². The minimum Gasteiger partial charge on any atom is -0.371 e. The van der Waals surface area contributed by atoms with Gasteiger partial charge in [-0.05, 0) is 49.8 Å². The fraction of sp³-hybridized carbons (Fsp3) is 0.579. The molecule has 5 nitrogen and oxygen atoms in total. The largest absolute Gasteiger partial charge is 0.371 e. The lowest BCUT2D eigenvalue weighted by molar-refractivity contribution is -0.134. The first-order valence-corrected chi connectivity index (χ1v) is 9.26. The smallest absolute Gasteiger partial charge is 0.234 e. The first-order valence-electron chi connectivity index (χ1n) is 9.26. The van der Waals surface area contributed by atoms with Crippen LogP contribution in [0.25, 0.3) is 0 Å². The number of halogens is 2. The number of imide groups is 1. The lowest BCUT2D eigenvalue weighted by Crippen LogP contribution is -2.41. The highest BCUT2D eigenvalue weighted by Gasteiger charge is 2.38. The summed E-state index contributed by atoms with van der Waals surface area (Å²) < 4.78 is 29.3. The maximum absolute atomic E-state index is 14.7. The molecule has 0 radical (unpaired) electrons. The topological polar surface area (TPSA) is 61.4 Å². The summed E-state index contributed by atoms with van der Waals surface area (Å²) in [5.74, 6) is -3.39. The maximum atomic E-state index is 14.7. The molecule has 1 unspecified atom stereocenters. The van der Waals surface area contributed by atoms with Gasteiger partial charge in [-0.15, -0.1) is 0 Å². The van der Waals surface area contributed by atoms with Crippen LogP contribution in [0.2, 0.25) is 0 Å². The van der Waals surface area contributed by atoms with E-state index in [0.717, 1.165) is 45.4 Å². The normalized spacial score (nSPS) is 25.6. The third kappa shape index (κ3) is 3.09. The second-order valence-corrected chi connectivity index (χ2v) is 7.74. The molecule has 3 aliphatic rings. The zero-order valence-electron chi connectivity index (χ0n) is 14.6. The van der Waals surface area contributed by atoms with Gasteiger partial charge in [-0.25, -0.2) is 8.78 Å². The van der Waals surface area contributed by atoms with Crippen LogP contribution in [-0.2, 0) is 9.59 Å². The second-order valence-electron chi connectivity index (χ2n) is 7.74. The average Bonchev–Trinajstić information content (AvgIpc) is 3.05. The third-order valence-electron chi connectivity index (χ3n) is 6.17. The number of hydrogen-bond donors (Lipinski definition) is 2. The van der Waals surface area contributed by atoms with Gasteiger partial charge in [0.1, 0.15) is 11.6 Å². The molecule has 1 atom stereocenters. The van der Waals surface area contributed by atoms with Crippen molar-refractivity contribution >= 4 is 17.5 Å².